The summed E-state index contributed by atoms with van der Waals surface area (Å²) in [7, 11) is 2.08. The fraction of sp³-hybridized carbons (Fsp3) is 0.300. The first-order chi connectivity index (χ1) is 15.0. The summed E-state index contributed by atoms with van der Waals surface area (Å²) < 4.78 is 6.78. The van der Waals surface area contributed by atoms with Crippen LogP contribution in [-0.2, 0) is 0 Å². The molecule has 1 aliphatic rings. The van der Waals surface area contributed by atoms with Crippen molar-refractivity contribution in [2.24, 2.45) is 0 Å². The van der Waals surface area contributed by atoms with Crippen molar-refractivity contribution in [2.45, 2.75) is 6.04 Å². The topological polar surface area (TPSA) is 113 Å². The van der Waals surface area contributed by atoms with E-state index in [0.29, 0.717) is 21.4 Å². The number of rotatable bonds is 5. The highest BCUT2D eigenvalue weighted by Gasteiger charge is 2.31. The summed E-state index contributed by atoms with van der Waals surface area (Å²) in [5.74, 6) is 0.958. The van der Waals surface area contributed by atoms with Crippen LogP contribution in [0.15, 0.2) is 47.1 Å². The Morgan fingerprint density at radius 2 is 1.94 bits per heavy atom. The highest BCUT2D eigenvalue weighted by atomic mass is 32.1. The Balaban J connectivity index is 1.57. The van der Waals surface area contributed by atoms with Crippen molar-refractivity contribution in [1.29, 1.82) is 0 Å². The molecule has 0 unspecified atom stereocenters. The molecule has 4 heterocycles. The molecule has 10 nitrogen and oxygen atoms in total. The summed E-state index contributed by atoms with van der Waals surface area (Å²) in [6.45, 7) is 3.41. The number of fused-ring (bicyclic) bond motifs is 1. The van der Waals surface area contributed by atoms with Crippen molar-refractivity contribution in [3.8, 4) is 17.5 Å². The number of hydrogen-bond acceptors (Lipinski definition) is 9. The molecule has 0 amide bonds. The van der Waals surface area contributed by atoms with Gasteiger partial charge >= 0.3 is 0 Å². The van der Waals surface area contributed by atoms with Gasteiger partial charge in [0.05, 0.1) is 22.1 Å². The lowest BCUT2D eigenvalue weighted by Gasteiger charge is -2.37. The number of piperazine rings is 1. The minimum absolute atomic E-state index is 0.0209. The Morgan fingerprint density at radius 1 is 1.19 bits per heavy atom. The number of hydrogen-bond donors (Lipinski definition) is 1. The molecule has 1 N–H and O–H groups in total. The predicted octanol–water partition coefficient (Wildman–Crippen LogP) is 3.00. The number of furan rings is 1. The van der Waals surface area contributed by atoms with Crippen molar-refractivity contribution < 1.29 is 14.4 Å². The monoisotopic (exact) mass is 440 g/mol. The molecule has 11 heteroatoms. The lowest BCUT2D eigenvalue weighted by molar-refractivity contribution is -0.384. The van der Waals surface area contributed by atoms with Gasteiger partial charge in [-0.2, -0.15) is 9.50 Å². The van der Waals surface area contributed by atoms with Crippen LogP contribution in [0.2, 0.25) is 0 Å². The Labute approximate surface area is 181 Å². The van der Waals surface area contributed by atoms with Crippen molar-refractivity contribution in [2.75, 3.05) is 33.2 Å². The Bertz CT molecular complexity index is 1210. The molecule has 1 saturated heterocycles. The molecular weight excluding hydrogens is 420 g/mol. The molecule has 1 aliphatic heterocycles. The molecule has 0 saturated carbocycles. The van der Waals surface area contributed by atoms with Crippen LogP contribution in [0.1, 0.15) is 16.5 Å². The minimum atomic E-state index is -0.411. The number of non-ortho nitro benzene ring substituents is 1. The smallest absolute Gasteiger partial charge is 0.269 e. The molecular formula is C20H20N6O4S. The van der Waals surface area contributed by atoms with E-state index in [1.807, 2.05) is 0 Å². The summed E-state index contributed by atoms with van der Waals surface area (Å²) in [5, 5.41) is 26.5. The van der Waals surface area contributed by atoms with Crippen LogP contribution in [0.3, 0.4) is 0 Å². The molecule has 160 valence electrons. The van der Waals surface area contributed by atoms with E-state index in [1.165, 1.54) is 28.0 Å². The van der Waals surface area contributed by atoms with Gasteiger partial charge in [-0.05, 0) is 24.7 Å². The van der Waals surface area contributed by atoms with Crippen LogP contribution in [0.5, 0.6) is 5.88 Å². The van der Waals surface area contributed by atoms with E-state index in [4.69, 9.17) is 4.42 Å². The van der Waals surface area contributed by atoms with Gasteiger partial charge in [0.2, 0.25) is 16.7 Å². The highest BCUT2D eigenvalue weighted by molar-refractivity contribution is 7.17. The van der Waals surface area contributed by atoms with E-state index in [0.717, 1.165) is 31.7 Å². The number of thiazole rings is 1. The summed E-state index contributed by atoms with van der Waals surface area (Å²) in [6.07, 6.45) is 1.55. The molecule has 3 aromatic heterocycles. The molecule has 1 fully saturated rings. The summed E-state index contributed by atoms with van der Waals surface area (Å²) in [6, 6.07) is 9.78. The predicted molar refractivity (Wildman–Crippen MR) is 114 cm³/mol. The lowest BCUT2D eigenvalue weighted by Crippen LogP contribution is -2.46. The van der Waals surface area contributed by atoms with Gasteiger partial charge in [0, 0.05) is 38.3 Å². The SMILES string of the molecule is CN1CCN([C@H](c2ccc([N+](=O)[O-])cc2)c2sc3nc(-c4ccco4)nn3c2O)CC1. The number of aromatic nitrogens is 3. The maximum atomic E-state index is 11.1. The van der Waals surface area contributed by atoms with Crippen LogP contribution in [-0.4, -0.2) is 67.7 Å². The van der Waals surface area contributed by atoms with E-state index in [2.05, 4.69) is 26.9 Å². The number of likely N-dealkylation sites (N-methyl/N-ethyl adjacent to an activating group) is 1. The number of nitro groups is 1. The van der Waals surface area contributed by atoms with Gasteiger partial charge in [-0.1, -0.05) is 23.5 Å². The largest absolute Gasteiger partial charge is 0.492 e. The van der Waals surface area contributed by atoms with Gasteiger partial charge in [0.25, 0.3) is 5.69 Å². The lowest BCUT2D eigenvalue weighted by atomic mass is 10.0. The van der Waals surface area contributed by atoms with Crippen molar-refractivity contribution >= 4 is 22.0 Å². The molecule has 0 aliphatic carbocycles. The average molecular weight is 440 g/mol. The molecule has 31 heavy (non-hydrogen) atoms. The van der Waals surface area contributed by atoms with E-state index >= 15 is 0 Å². The molecule has 4 aromatic rings. The normalized spacial score (nSPS) is 16.7. The van der Waals surface area contributed by atoms with Crippen LogP contribution in [0.25, 0.3) is 16.5 Å². The zero-order valence-electron chi connectivity index (χ0n) is 16.7. The van der Waals surface area contributed by atoms with Gasteiger partial charge in [-0.25, -0.2) is 0 Å². The molecule has 0 spiro atoms. The first kappa shape index (κ1) is 19.7. The number of nitrogens with zero attached hydrogens (tertiary/aromatic N) is 6. The quantitative estimate of drug-likeness (QED) is 0.372. The van der Waals surface area contributed by atoms with Crippen molar-refractivity contribution in [1.82, 2.24) is 24.4 Å². The fourth-order valence-electron chi connectivity index (χ4n) is 3.82. The third-order valence-electron chi connectivity index (χ3n) is 5.51. The number of nitro benzene ring substituents is 1. The van der Waals surface area contributed by atoms with Gasteiger partial charge < -0.3 is 14.4 Å². The highest BCUT2D eigenvalue weighted by Crippen LogP contribution is 2.41. The second-order valence-electron chi connectivity index (χ2n) is 7.49. The third-order valence-corrected chi connectivity index (χ3v) is 6.58. The maximum Gasteiger partial charge on any atom is 0.269 e. The summed E-state index contributed by atoms with van der Waals surface area (Å²) >= 11 is 1.36. The summed E-state index contributed by atoms with van der Waals surface area (Å²) in [4.78, 5) is 21.0. The van der Waals surface area contributed by atoms with Gasteiger partial charge in [-0.3, -0.25) is 15.0 Å². The van der Waals surface area contributed by atoms with E-state index in [1.54, 1.807) is 30.5 Å². The molecule has 1 aromatic carbocycles. The number of benzene rings is 1. The van der Waals surface area contributed by atoms with Crippen LogP contribution in [0, 0.1) is 10.1 Å². The number of aromatic hydroxyl groups is 1. The van der Waals surface area contributed by atoms with Crippen LogP contribution in [0.4, 0.5) is 5.69 Å². The second kappa shape index (κ2) is 7.76. The molecule has 0 bridgehead atoms. The second-order valence-corrected chi connectivity index (χ2v) is 8.50. The van der Waals surface area contributed by atoms with E-state index in [9.17, 15) is 15.2 Å². The van der Waals surface area contributed by atoms with Gasteiger partial charge in [0.15, 0.2) is 5.76 Å². The van der Waals surface area contributed by atoms with E-state index < -0.39 is 4.92 Å². The van der Waals surface area contributed by atoms with Crippen molar-refractivity contribution in [3.63, 3.8) is 0 Å². The Kier molecular flexibility index (Phi) is 4.93. The molecule has 1 atom stereocenters. The average Bonchev–Trinajstić information content (AvgIpc) is 3.49. The third kappa shape index (κ3) is 3.56. The van der Waals surface area contributed by atoms with E-state index in [-0.39, 0.29) is 17.6 Å². The standard InChI is InChI=1S/C20H20N6O4S/c1-23-8-10-24(11-9-23)16(13-4-6-14(7-5-13)26(28)29)17-19(27)25-20(31-17)21-18(22-25)15-3-2-12-30-15/h2-7,12,16,27H,8-11H2,1H3/t16-/m1/s1. The van der Waals surface area contributed by atoms with Crippen LogP contribution >= 0.6 is 11.3 Å². The minimum Gasteiger partial charge on any atom is -0.492 e. The fourth-order valence-corrected chi connectivity index (χ4v) is 4.94. The molecule has 0 radical (unpaired) electrons. The van der Waals surface area contributed by atoms with Gasteiger partial charge in [-0.15, -0.1) is 5.10 Å². The summed E-state index contributed by atoms with van der Waals surface area (Å²) in [5.41, 5.74) is 0.914. The van der Waals surface area contributed by atoms with Crippen LogP contribution < -0.4 is 0 Å². The zero-order valence-corrected chi connectivity index (χ0v) is 17.5. The Morgan fingerprint density at radius 3 is 2.55 bits per heavy atom. The van der Waals surface area contributed by atoms with Gasteiger partial charge in [0.1, 0.15) is 0 Å². The zero-order chi connectivity index (χ0) is 21.5. The maximum absolute atomic E-state index is 11.1. The van der Waals surface area contributed by atoms with Crippen molar-refractivity contribution in [3.05, 3.63) is 63.2 Å². The molecule has 5 rings (SSSR count). The first-order valence-corrected chi connectivity index (χ1v) is 10.6. The first-order valence-electron chi connectivity index (χ1n) is 9.80. The Hall–Kier alpha value is -3.28.